The number of morpholine rings is 1. The first-order chi connectivity index (χ1) is 11.0. The van der Waals surface area contributed by atoms with E-state index in [1.165, 1.54) is 0 Å². The van der Waals surface area contributed by atoms with Gasteiger partial charge in [0, 0.05) is 26.2 Å². The summed E-state index contributed by atoms with van der Waals surface area (Å²) in [5, 5.41) is 9.14. The highest BCUT2D eigenvalue weighted by atomic mass is 16.5. The molecule has 0 radical (unpaired) electrons. The van der Waals surface area contributed by atoms with E-state index < -0.39 is 11.9 Å². The Morgan fingerprint density at radius 1 is 1.48 bits per heavy atom. The Morgan fingerprint density at radius 2 is 2.17 bits per heavy atom. The van der Waals surface area contributed by atoms with Crippen molar-refractivity contribution in [3.63, 3.8) is 0 Å². The van der Waals surface area contributed by atoms with Gasteiger partial charge < -0.3 is 19.6 Å². The summed E-state index contributed by atoms with van der Waals surface area (Å²) >= 11 is 0. The van der Waals surface area contributed by atoms with Gasteiger partial charge in [0.05, 0.1) is 31.0 Å². The van der Waals surface area contributed by atoms with Crippen LogP contribution in [-0.2, 0) is 9.53 Å². The Kier molecular flexibility index (Phi) is 5.98. The number of carboxylic acids is 1. The fraction of sp³-hybridized carbons (Fsp3) is 0.529. The number of pyridine rings is 1. The second kappa shape index (κ2) is 7.97. The summed E-state index contributed by atoms with van der Waals surface area (Å²) in [5.74, 6) is -0.318. The summed E-state index contributed by atoms with van der Waals surface area (Å²) in [6, 6.07) is 3.98. The van der Waals surface area contributed by atoms with Crippen LogP contribution in [0.2, 0.25) is 0 Å². The van der Waals surface area contributed by atoms with Crippen LogP contribution in [0.15, 0.2) is 30.5 Å². The van der Waals surface area contributed by atoms with Crippen LogP contribution >= 0.6 is 0 Å². The van der Waals surface area contributed by atoms with E-state index in [0.717, 1.165) is 43.4 Å². The van der Waals surface area contributed by atoms with Gasteiger partial charge in [0.15, 0.2) is 0 Å². The van der Waals surface area contributed by atoms with Crippen molar-refractivity contribution >= 4 is 17.5 Å². The Balaban J connectivity index is 2.11. The second-order valence-corrected chi connectivity index (χ2v) is 6.05. The topological polar surface area (TPSA) is 65.9 Å². The average molecular weight is 319 g/mol. The molecule has 1 fully saturated rings. The third-order valence-electron chi connectivity index (χ3n) is 3.81. The first kappa shape index (κ1) is 17.3. The molecule has 2 heterocycles. The normalized spacial score (nSPS) is 16.0. The van der Waals surface area contributed by atoms with Gasteiger partial charge in [0.1, 0.15) is 5.82 Å². The maximum absolute atomic E-state index is 11.1. The number of carbonyl (C=O) groups is 1. The number of aromatic nitrogens is 1. The van der Waals surface area contributed by atoms with Gasteiger partial charge in [-0.2, -0.15) is 0 Å². The molecule has 0 amide bonds. The van der Waals surface area contributed by atoms with Crippen LogP contribution in [0.3, 0.4) is 0 Å². The number of nitrogens with zero attached hydrogens (tertiary/aromatic N) is 3. The molecule has 1 aliphatic rings. The first-order valence-corrected chi connectivity index (χ1v) is 7.88. The number of ether oxygens (including phenoxy) is 1. The van der Waals surface area contributed by atoms with Gasteiger partial charge in [0.2, 0.25) is 0 Å². The number of carboxylic acid groups (broad SMARTS) is 1. The van der Waals surface area contributed by atoms with Crippen LogP contribution < -0.4 is 9.80 Å². The van der Waals surface area contributed by atoms with Gasteiger partial charge in [-0.3, -0.25) is 4.79 Å². The number of hydrogen-bond acceptors (Lipinski definition) is 5. The largest absolute Gasteiger partial charge is 0.481 e. The Hall–Kier alpha value is -2.08. The monoisotopic (exact) mass is 319 g/mol. The molecule has 126 valence electrons. The zero-order valence-electron chi connectivity index (χ0n) is 13.9. The molecule has 6 nitrogen and oxygen atoms in total. The molecule has 2 rings (SSSR count). The zero-order chi connectivity index (χ0) is 16.8. The average Bonchev–Trinajstić information content (AvgIpc) is 2.54. The van der Waals surface area contributed by atoms with Crippen molar-refractivity contribution in [2.24, 2.45) is 5.92 Å². The number of aliphatic carboxylic acids is 1. The quantitative estimate of drug-likeness (QED) is 0.776. The minimum Gasteiger partial charge on any atom is -0.481 e. The van der Waals surface area contributed by atoms with Crippen molar-refractivity contribution < 1.29 is 14.6 Å². The van der Waals surface area contributed by atoms with Gasteiger partial charge in [0.25, 0.3) is 0 Å². The lowest BCUT2D eigenvalue weighted by Crippen LogP contribution is -2.37. The molecular formula is C17H25N3O3. The van der Waals surface area contributed by atoms with Crippen molar-refractivity contribution in [3.8, 4) is 0 Å². The molecule has 1 aromatic heterocycles. The Morgan fingerprint density at radius 3 is 2.70 bits per heavy atom. The lowest BCUT2D eigenvalue weighted by atomic mass is 10.1. The van der Waals surface area contributed by atoms with Gasteiger partial charge in [-0.05, 0) is 19.1 Å². The summed E-state index contributed by atoms with van der Waals surface area (Å²) in [4.78, 5) is 19.9. The summed E-state index contributed by atoms with van der Waals surface area (Å²) in [6.45, 7) is 11.8. The summed E-state index contributed by atoms with van der Waals surface area (Å²) in [7, 11) is 0. The minimum atomic E-state index is -0.797. The van der Waals surface area contributed by atoms with E-state index in [1.807, 2.05) is 30.2 Å². The highest BCUT2D eigenvalue weighted by Gasteiger charge is 2.18. The highest BCUT2D eigenvalue weighted by Crippen LogP contribution is 2.20. The molecule has 1 atom stereocenters. The van der Waals surface area contributed by atoms with Crippen LogP contribution in [-0.4, -0.2) is 55.5 Å². The summed E-state index contributed by atoms with van der Waals surface area (Å²) in [6.07, 6.45) is 1.81. The molecule has 6 heteroatoms. The van der Waals surface area contributed by atoms with E-state index in [1.54, 1.807) is 6.92 Å². The number of hydrogen-bond donors (Lipinski definition) is 1. The molecule has 23 heavy (non-hydrogen) atoms. The van der Waals surface area contributed by atoms with E-state index in [-0.39, 0.29) is 0 Å². The Bertz CT molecular complexity index is 539. The molecule has 0 aliphatic carbocycles. The van der Waals surface area contributed by atoms with Crippen molar-refractivity contribution in [2.45, 2.75) is 13.8 Å². The molecule has 0 spiro atoms. The predicted molar refractivity (Wildman–Crippen MR) is 91.1 cm³/mol. The third kappa shape index (κ3) is 4.96. The molecular weight excluding hydrogens is 294 g/mol. The second-order valence-electron chi connectivity index (χ2n) is 6.05. The predicted octanol–water partition coefficient (Wildman–Crippen LogP) is 2.02. The van der Waals surface area contributed by atoms with E-state index >= 15 is 0 Å². The third-order valence-corrected chi connectivity index (χ3v) is 3.81. The van der Waals surface area contributed by atoms with Crippen molar-refractivity contribution in [2.75, 3.05) is 49.2 Å². The summed E-state index contributed by atoms with van der Waals surface area (Å²) < 4.78 is 5.35. The number of anilines is 2. The van der Waals surface area contributed by atoms with E-state index in [0.29, 0.717) is 13.1 Å². The molecule has 1 saturated heterocycles. The van der Waals surface area contributed by atoms with E-state index in [2.05, 4.69) is 16.5 Å². The highest BCUT2D eigenvalue weighted by molar-refractivity contribution is 5.70. The SMILES string of the molecule is C=C(C)CN(CC(C)C(=O)O)c1ccc(N2CCOCC2)nc1. The van der Waals surface area contributed by atoms with Crippen LogP contribution in [0, 0.1) is 5.92 Å². The van der Waals surface area contributed by atoms with Gasteiger partial charge >= 0.3 is 5.97 Å². The van der Waals surface area contributed by atoms with Crippen molar-refractivity contribution in [3.05, 3.63) is 30.5 Å². The lowest BCUT2D eigenvalue weighted by molar-refractivity contribution is -0.140. The minimum absolute atomic E-state index is 0.431. The maximum atomic E-state index is 11.1. The number of rotatable bonds is 7. The summed E-state index contributed by atoms with van der Waals surface area (Å²) in [5.41, 5.74) is 1.90. The van der Waals surface area contributed by atoms with Gasteiger partial charge in [-0.15, -0.1) is 0 Å². The lowest BCUT2D eigenvalue weighted by Gasteiger charge is -2.29. The van der Waals surface area contributed by atoms with E-state index in [9.17, 15) is 4.79 Å². The Labute approximate surface area is 137 Å². The standard InChI is InChI=1S/C17H25N3O3/c1-13(2)11-20(12-14(3)17(21)22)15-4-5-16(18-10-15)19-6-8-23-9-7-19/h4-5,10,14H,1,6-9,11-12H2,2-3H3,(H,21,22). The molecule has 0 aromatic carbocycles. The van der Waals surface area contributed by atoms with Crippen molar-refractivity contribution in [1.82, 2.24) is 4.98 Å². The molecule has 1 N–H and O–H groups in total. The van der Waals surface area contributed by atoms with Crippen molar-refractivity contribution in [1.29, 1.82) is 0 Å². The molecule has 1 aromatic rings. The van der Waals surface area contributed by atoms with E-state index in [4.69, 9.17) is 9.84 Å². The maximum Gasteiger partial charge on any atom is 0.308 e. The van der Waals surface area contributed by atoms with Gasteiger partial charge in [-0.25, -0.2) is 4.98 Å². The molecule has 0 saturated carbocycles. The van der Waals surface area contributed by atoms with Crippen LogP contribution in [0.1, 0.15) is 13.8 Å². The first-order valence-electron chi connectivity index (χ1n) is 7.88. The smallest absolute Gasteiger partial charge is 0.308 e. The fourth-order valence-electron chi connectivity index (χ4n) is 2.54. The zero-order valence-corrected chi connectivity index (χ0v) is 13.9. The van der Waals surface area contributed by atoms with Crippen LogP contribution in [0.5, 0.6) is 0 Å². The molecule has 1 aliphatic heterocycles. The fourth-order valence-corrected chi connectivity index (χ4v) is 2.54. The molecule has 0 bridgehead atoms. The van der Waals surface area contributed by atoms with Crippen LogP contribution in [0.4, 0.5) is 11.5 Å². The van der Waals surface area contributed by atoms with Crippen LogP contribution in [0.25, 0.3) is 0 Å². The molecule has 1 unspecified atom stereocenters. The van der Waals surface area contributed by atoms with Gasteiger partial charge in [-0.1, -0.05) is 19.1 Å².